The molecule has 0 radical (unpaired) electrons. The van der Waals surface area contributed by atoms with Crippen LogP contribution in [0.1, 0.15) is 51.9 Å². The molecule has 0 spiro atoms. The van der Waals surface area contributed by atoms with Crippen molar-refractivity contribution in [1.29, 1.82) is 0 Å². The average Bonchev–Trinajstić information content (AvgIpc) is 2.17. The van der Waals surface area contributed by atoms with Crippen LogP contribution in [0.15, 0.2) is 0 Å². The number of rotatable bonds is 9. The number of hydrogen-bond acceptors (Lipinski definition) is 1. The Labute approximate surface area is 101 Å². The highest BCUT2D eigenvalue weighted by atomic mass is 127. The number of halogens is 1. The summed E-state index contributed by atoms with van der Waals surface area (Å²) in [6.07, 6.45) is 8.36. The molecule has 0 unspecified atom stereocenters. The van der Waals surface area contributed by atoms with Crippen molar-refractivity contribution < 1.29 is 4.79 Å². The molecule has 0 aliphatic heterocycles. The van der Waals surface area contributed by atoms with Crippen molar-refractivity contribution in [3.63, 3.8) is 0 Å². The summed E-state index contributed by atoms with van der Waals surface area (Å²) in [5.74, 6) is 0.202. The summed E-state index contributed by atoms with van der Waals surface area (Å²) in [5.41, 5.74) is 0. The van der Waals surface area contributed by atoms with Gasteiger partial charge in [-0.1, -0.05) is 61.6 Å². The molecule has 1 N–H and O–H groups in total. The standard InChI is InChI=1S/C11H22INO/c1-2-3-4-5-6-7-10-13-11(14)8-9-12/h2-10H2,1H3,(H,13,14). The van der Waals surface area contributed by atoms with Gasteiger partial charge in [-0.2, -0.15) is 0 Å². The zero-order valence-electron chi connectivity index (χ0n) is 9.15. The summed E-state index contributed by atoms with van der Waals surface area (Å²) in [5, 5.41) is 2.93. The van der Waals surface area contributed by atoms with E-state index in [1.54, 1.807) is 0 Å². The molecule has 0 heterocycles. The fourth-order valence-corrected chi connectivity index (χ4v) is 1.80. The molecule has 0 bridgehead atoms. The highest BCUT2D eigenvalue weighted by Crippen LogP contribution is 2.04. The number of alkyl halides is 1. The average molecular weight is 311 g/mol. The van der Waals surface area contributed by atoms with Crippen LogP contribution in [-0.2, 0) is 4.79 Å². The minimum Gasteiger partial charge on any atom is -0.356 e. The molecule has 0 aliphatic rings. The first-order valence-electron chi connectivity index (χ1n) is 5.64. The van der Waals surface area contributed by atoms with Gasteiger partial charge in [-0.05, 0) is 6.42 Å². The van der Waals surface area contributed by atoms with Crippen LogP contribution < -0.4 is 5.32 Å². The van der Waals surface area contributed by atoms with Gasteiger partial charge in [0.1, 0.15) is 0 Å². The number of hydrogen-bond donors (Lipinski definition) is 1. The molecular weight excluding hydrogens is 289 g/mol. The van der Waals surface area contributed by atoms with Gasteiger partial charge in [0.25, 0.3) is 0 Å². The van der Waals surface area contributed by atoms with E-state index in [0.717, 1.165) is 17.4 Å². The Balaban J connectivity index is 3.01. The monoisotopic (exact) mass is 311 g/mol. The van der Waals surface area contributed by atoms with Crippen LogP contribution in [0.4, 0.5) is 0 Å². The van der Waals surface area contributed by atoms with Crippen LogP contribution in [-0.4, -0.2) is 16.9 Å². The summed E-state index contributed by atoms with van der Waals surface area (Å²) < 4.78 is 0.917. The molecule has 0 rings (SSSR count). The molecule has 84 valence electrons. The van der Waals surface area contributed by atoms with Crippen LogP contribution in [0.2, 0.25) is 0 Å². The zero-order chi connectivity index (χ0) is 10.6. The van der Waals surface area contributed by atoms with Gasteiger partial charge in [-0.15, -0.1) is 0 Å². The normalized spacial score (nSPS) is 10.1. The second-order valence-corrected chi connectivity index (χ2v) is 4.64. The van der Waals surface area contributed by atoms with Crippen molar-refractivity contribution in [3.8, 4) is 0 Å². The molecule has 0 aliphatic carbocycles. The first-order chi connectivity index (χ1) is 6.81. The predicted molar refractivity (Wildman–Crippen MR) is 69.9 cm³/mol. The SMILES string of the molecule is CCCCCCCCNC(=O)CCI. The van der Waals surface area contributed by atoms with E-state index in [4.69, 9.17) is 0 Å². The predicted octanol–water partition coefficient (Wildman–Crippen LogP) is 3.29. The summed E-state index contributed by atoms with van der Waals surface area (Å²) in [4.78, 5) is 11.1. The van der Waals surface area contributed by atoms with E-state index in [0.29, 0.717) is 6.42 Å². The van der Waals surface area contributed by atoms with Crippen molar-refractivity contribution in [1.82, 2.24) is 5.32 Å². The fourth-order valence-electron chi connectivity index (χ4n) is 1.31. The molecule has 0 saturated carbocycles. The third-order valence-electron chi connectivity index (χ3n) is 2.17. The molecule has 3 heteroatoms. The van der Waals surface area contributed by atoms with Gasteiger partial charge < -0.3 is 5.32 Å². The Morgan fingerprint density at radius 2 is 1.79 bits per heavy atom. The van der Waals surface area contributed by atoms with E-state index in [1.165, 1.54) is 32.1 Å². The second-order valence-electron chi connectivity index (χ2n) is 3.56. The summed E-state index contributed by atoms with van der Waals surface area (Å²) in [6.45, 7) is 3.09. The van der Waals surface area contributed by atoms with Gasteiger partial charge in [0.15, 0.2) is 0 Å². The molecule has 0 fully saturated rings. The van der Waals surface area contributed by atoms with Crippen LogP contribution in [0.25, 0.3) is 0 Å². The van der Waals surface area contributed by atoms with Crippen LogP contribution in [0, 0.1) is 0 Å². The Morgan fingerprint density at radius 1 is 1.14 bits per heavy atom. The maximum atomic E-state index is 11.1. The molecule has 0 aromatic carbocycles. The third-order valence-corrected chi connectivity index (χ3v) is 2.71. The summed E-state index contributed by atoms with van der Waals surface area (Å²) in [7, 11) is 0. The Bertz CT molecular complexity index is 139. The maximum Gasteiger partial charge on any atom is 0.220 e. The highest BCUT2D eigenvalue weighted by molar-refractivity contribution is 14.1. The van der Waals surface area contributed by atoms with Gasteiger partial charge >= 0.3 is 0 Å². The number of unbranched alkanes of at least 4 members (excludes halogenated alkanes) is 5. The maximum absolute atomic E-state index is 11.1. The van der Waals surface area contributed by atoms with Gasteiger partial charge in [0.2, 0.25) is 5.91 Å². The van der Waals surface area contributed by atoms with E-state index >= 15 is 0 Å². The van der Waals surface area contributed by atoms with Crippen molar-refractivity contribution >= 4 is 28.5 Å². The van der Waals surface area contributed by atoms with E-state index < -0.39 is 0 Å². The lowest BCUT2D eigenvalue weighted by molar-refractivity contribution is -0.120. The Hall–Kier alpha value is 0.200. The number of amides is 1. The smallest absolute Gasteiger partial charge is 0.220 e. The van der Waals surface area contributed by atoms with E-state index in [-0.39, 0.29) is 5.91 Å². The molecule has 0 saturated heterocycles. The number of carbonyl (C=O) groups is 1. The minimum atomic E-state index is 0.202. The molecule has 0 aromatic heterocycles. The van der Waals surface area contributed by atoms with Crippen molar-refractivity contribution in [2.45, 2.75) is 51.9 Å². The fraction of sp³-hybridized carbons (Fsp3) is 0.909. The Kier molecular flexibility index (Phi) is 11.4. The van der Waals surface area contributed by atoms with Crippen LogP contribution in [0.3, 0.4) is 0 Å². The molecule has 0 atom stereocenters. The molecule has 2 nitrogen and oxygen atoms in total. The van der Waals surface area contributed by atoms with E-state index in [1.807, 2.05) is 0 Å². The molecule has 14 heavy (non-hydrogen) atoms. The Morgan fingerprint density at radius 3 is 2.43 bits per heavy atom. The molecule has 0 aromatic rings. The van der Waals surface area contributed by atoms with E-state index in [9.17, 15) is 4.79 Å². The molecular formula is C11H22INO. The van der Waals surface area contributed by atoms with Crippen LogP contribution in [0.5, 0.6) is 0 Å². The summed E-state index contributed by atoms with van der Waals surface area (Å²) in [6, 6.07) is 0. The quantitative estimate of drug-likeness (QED) is 0.395. The minimum absolute atomic E-state index is 0.202. The van der Waals surface area contributed by atoms with Gasteiger partial charge in [-0.25, -0.2) is 0 Å². The first kappa shape index (κ1) is 14.2. The number of nitrogens with one attached hydrogen (secondary N) is 1. The highest BCUT2D eigenvalue weighted by Gasteiger charge is 1.97. The van der Waals surface area contributed by atoms with Crippen molar-refractivity contribution in [2.24, 2.45) is 0 Å². The largest absolute Gasteiger partial charge is 0.356 e. The lowest BCUT2D eigenvalue weighted by Gasteiger charge is -2.03. The summed E-state index contributed by atoms with van der Waals surface area (Å²) >= 11 is 2.23. The van der Waals surface area contributed by atoms with Gasteiger partial charge in [0.05, 0.1) is 0 Å². The lowest BCUT2D eigenvalue weighted by Crippen LogP contribution is -2.24. The second kappa shape index (κ2) is 11.3. The van der Waals surface area contributed by atoms with Gasteiger partial charge in [0, 0.05) is 17.4 Å². The zero-order valence-corrected chi connectivity index (χ0v) is 11.3. The van der Waals surface area contributed by atoms with E-state index in [2.05, 4.69) is 34.8 Å². The van der Waals surface area contributed by atoms with Crippen molar-refractivity contribution in [2.75, 3.05) is 11.0 Å². The third kappa shape index (κ3) is 10.3. The number of carbonyl (C=O) groups excluding carboxylic acids is 1. The van der Waals surface area contributed by atoms with Crippen molar-refractivity contribution in [3.05, 3.63) is 0 Å². The van der Waals surface area contributed by atoms with Gasteiger partial charge in [-0.3, -0.25) is 4.79 Å². The van der Waals surface area contributed by atoms with Crippen LogP contribution >= 0.6 is 22.6 Å². The first-order valence-corrected chi connectivity index (χ1v) is 7.16. The molecule has 1 amide bonds. The topological polar surface area (TPSA) is 29.1 Å². The lowest BCUT2D eigenvalue weighted by atomic mass is 10.1.